The van der Waals surface area contributed by atoms with E-state index in [-0.39, 0.29) is 12.3 Å². The number of allylic oxidation sites excluding steroid dienone is 4. The van der Waals surface area contributed by atoms with E-state index in [4.69, 9.17) is 9.84 Å². The quantitative estimate of drug-likeness (QED) is 0.538. The molecule has 1 rings (SSSR count). The van der Waals surface area contributed by atoms with Crippen LogP contribution in [0.4, 0.5) is 0 Å². The van der Waals surface area contributed by atoms with Gasteiger partial charge in [-0.1, -0.05) is 61.6 Å². The number of carbonyl (C=O) groups is 1. The fourth-order valence-electron chi connectivity index (χ4n) is 2.06. The molecule has 0 radical (unpaired) electrons. The smallest absolute Gasteiger partial charge is 0.304 e. The van der Waals surface area contributed by atoms with E-state index in [0.29, 0.717) is 12.4 Å². The summed E-state index contributed by atoms with van der Waals surface area (Å²) in [5.41, 5.74) is 1.84. The Morgan fingerprint density at radius 3 is 2.54 bits per heavy atom. The molecule has 0 fully saturated rings. The summed E-state index contributed by atoms with van der Waals surface area (Å²) in [5, 5.41) is 8.97. The van der Waals surface area contributed by atoms with Gasteiger partial charge in [-0.15, -0.1) is 5.92 Å². The summed E-state index contributed by atoms with van der Waals surface area (Å²) in [6.07, 6.45) is 9.00. The zero-order valence-corrected chi connectivity index (χ0v) is 13.9. The van der Waals surface area contributed by atoms with E-state index in [2.05, 4.69) is 25.0 Å². The van der Waals surface area contributed by atoms with Crippen molar-refractivity contribution in [2.75, 3.05) is 6.61 Å². The van der Waals surface area contributed by atoms with Crippen LogP contribution in [0.2, 0.25) is 0 Å². The van der Waals surface area contributed by atoms with Crippen LogP contribution in [0.25, 0.3) is 0 Å². The Hall–Kier alpha value is -2.99. The average Bonchev–Trinajstić information content (AvgIpc) is 2.57. The van der Waals surface area contributed by atoms with E-state index in [9.17, 15) is 4.79 Å². The van der Waals surface area contributed by atoms with Crippen molar-refractivity contribution in [3.05, 3.63) is 78.9 Å². The second kappa shape index (κ2) is 10.7. The van der Waals surface area contributed by atoms with Crippen LogP contribution in [-0.4, -0.2) is 17.7 Å². The molecule has 1 aromatic carbocycles. The number of hydrogen-bond donors (Lipinski definition) is 1. The highest BCUT2D eigenvalue weighted by atomic mass is 16.5. The van der Waals surface area contributed by atoms with Gasteiger partial charge < -0.3 is 9.84 Å². The lowest BCUT2D eigenvalue weighted by atomic mass is 9.96. The predicted octanol–water partition coefficient (Wildman–Crippen LogP) is 4.50. The van der Waals surface area contributed by atoms with E-state index in [1.165, 1.54) is 0 Å². The number of carboxylic acid groups (broad SMARTS) is 1. The largest absolute Gasteiger partial charge is 0.489 e. The van der Waals surface area contributed by atoms with Crippen molar-refractivity contribution in [3.63, 3.8) is 0 Å². The molecule has 0 spiro atoms. The van der Waals surface area contributed by atoms with Crippen molar-refractivity contribution in [1.82, 2.24) is 0 Å². The van der Waals surface area contributed by atoms with Crippen LogP contribution in [0.15, 0.2) is 73.4 Å². The van der Waals surface area contributed by atoms with E-state index >= 15 is 0 Å². The highest BCUT2D eigenvalue weighted by Gasteiger charge is 2.13. The summed E-state index contributed by atoms with van der Waals surface area (Å²) < 4.78 is 5.74. The Morgan fingerprint density at radius 1 is 1.29 bits per heavy atom. The van der Waals surface area contributed by atoms with Gasteiger partial charge in [0.05, 0.1) is 12.3 Å². The third kappa shape index (κ3) is 6.85. The second-order valence-corrected chi connectivity index (χ2v) is 4.97. The SMILES string of the molecule is C=C/C=C\C(=C/C=C)COc1ccc(C(C#CC)CC(=O)O)cc1. The first-order chi connectivity index (χ1) is 11.6. The number of carboxylic acids is 1. The molecule has 24 heavy (non-hydrogen) atoms. The molecule has 0 aromatic heterocycles. The summed E-state index contributed by atoms with van der Waals surface area (Å²) in [6.45, 7) is 9.43. The summed E-state index contributed by atoms with van der Waals surface area (Å²) in [7, 11) is 0. The number of rotatable bonds is 9. The minimum atomic E-state index is -0.865. The van der Waals surface area contributed by atoms with Gasteiger partial charge in [0.2, 0.25) is 0 Å². The van der Waals surface area contributed by atoms with Gasteiger partial charge >= 0.3 is 5.97 Å². The van der Waals surface area contributed by atoms with Crippen LogP contribution in [0, 0.1) is 11.8 Å². The van der Waals surface area contributed by atoms with Gasteiger partial charge in [0.1, 0.15) is 12.4 Å². The van der Waals surface area contributed by atoms with Crippen LogP contribution >= 0.6 is 0 Å². The van der Waals surface area contributed by atoms with Crippen LogP contribution < -0.4 is 4.74 Å². The molecule has 0 heterocycles. The molecule has 3 nitrogen and oxygen atoms in total. The molecule has 124 valence electrons. The molecule has 1 atom stereocenters. The van der Waals surface area contributed by atoms with Gasteiger partial charge in [-0.25, -0.2) is 0 Å². The highest BCUT2D eigenvalue weighted by molar-refractivity contribution is 5.69. The van der Waals surface area contributed by atoms with Crippen molar-refractivity contribution >= 4 is 5.97 Å². The molecule has 1 N–H and O–H groups in total. The monoisotopic (exact) mass is 322 g/mol. The maximum absolute atomic E-state index is 10.9. The highest BCUT2D eigenvalue weighted by Crippen LogP contribution is 2.22. The fourth-order valence-corrected chi connectivity index (χ4v) is 2.06. The number of ether oxygens (including phenoxy) is 1. The van der Waals surface area contributed by atoms with Crippen molar-refractivity contribution < 1.29 is 14.6 Å². The zero-order valence-electron chi connectivity index (χ0n) is 13.9. The summed E-state index contributed by atoms with van der Waals surface area (Å²) in [5.74, 6) is 5.24. The van der Waals surface area contributed by atoms with Crippen LogP contribution in [-0.2, 0) is 4.79 Å². The van der Waals surface area contributed by atoms with Crippen molar-refractivity contribution in [2.45, 2.75) is 19.3 Å². The zero-order chi connectivity index (χ0) is 17.8. The Morgan fingerprint density at radius 2 is 2.00 bits per heavy atom. The third-order valence-electron chi connectivity index (χ3n) is 3.16. The number of hydrogen-bond acceptors (Lipinski definition) is 2. The van der Waals surface area contributed by atoms with Gasteiger partial charge in [0, 0.05) is 0 Å². The van der Waals surface area contributed by atoms with E-state index in [0.717, 1.165) is 11.1 Å². The summed E-state index contributed by atoms with van der Waals surface area (Å²) in [4.78, 5) is 10.9. The fraction of sp³-hybridized carbons (Fsp3) is 0.190. The van der Waals surface area contributed by atoms with Gasteiger partial charge in [0.25, 0.3) is 0 Å². The van der Waals surface area contributed by atoms with Crippen LogP contribution in [0.3, 0.4) is 0 Å². The van der Waals surface area contributed by atoms with Gasteiger partial charge in [0.15, 0.2) is 0 Å². The molecular formula is C21H22O3. The van der Waals surface area contributed by atoms with E-state index in [1.54, 1.807) is 19.1 Å². The molecule has 0 saturated carbocycles. The molecule has 0 aliphatic carbocycles. The molecule has 0 bridgehead atoms. The standard InChI is InChI=1S/C21H22O3/c1-4-7-10-17(8-5-2)16-24-20-13-11-18(12-14-20)19(9-6-3)15-21(22)23/h4-5,7-8,10-14,19H,1-2,15-16H2,3H3,(H,22,23)/b10-7-,17-8+. The molecular weight excluding hydrogens is 300 g/mol. The van der Waals surface area contributed by atoms with Gasteiger partial charge in [-0.2, -0.15) is 0 Å². The summed E-state index contributed by atoms with van der Waals surface area (Å²) >= 11 is 0. The van der Waals surface area contributed by atoms with Crippen molar-refractivity contribution in [1.29, 1.82) is 0 Å². The van der Waals surface area contributed by atoms with Gasteiger partial charge in [-0.3, -0.25) is 4.79 Å². The third-order valence-corrected chi connectivity index (χ3v) is 3.16. The van der Waals surface area contributed by atoms with Crippen molar-refractivity contribution in [3.8, 4) is 17.6 Å². The predicted molar refractivity (Wildman–Crippen MR) is 98.0 cm³/mol. The van der Waals surface area contributed by atoms with Crippen LogP contribution in [0.5, 0.6) is 5.75 Å². The first-order valence-electron chi connectivity index (χ1n) is 7.58. The summed E-state index contributed by atoms with van der Waals surface area (Å²) in [6, 6.07) is 7.35. The normalized spacial score (nSPS) is 12.1. The van der Waals surface area contributed by atoms with E-state index < -0.39 is 5.97 Å². The number of benzene rings is 1. The molecule has 0 aliphatic rings. The molecule has 0 saturated heterocycles. The lowest BCUT2D eigenvalue weighted by Crippen LogP contribution is -2.05. The maximum atomic E-state index is 10.9. The minimum absolute atomic E-state index is 0.0143. The first kappa shape index (κ1) is 19.1. The van der Waals surface area contributed by atoms with E-state index in [1.807, 2.05) is 42.5 Å². The average molecular weight is 322 g/mol. The lowest BCUT2D eigenvalue weighted by Gasteiger charge is -2.11. The molecule has 1 unspecified atom stereocenters. The molecule has 3 heteroatoms. The first-order valence-corrected chi connectivity index (χ1v) is 7.58. The minimum Gasteiger partial charge on any atom is -0.489 e. The maximum Gasteiger partial charge on any atom is 0.304 e. The Labute approximate surface area is 143 Å². The molecule has 0 amide bonds. The molecule has 0 aliphatic heterocycles. The number of aliphatic carboxylic acids is 1. The molecule has 1 aromatic rings. The van der Waals surface area contributed by atoms with Crippen LogP contribution in [0.1, 0.15) is 24.8 Å². The Kier molecular flexibility index (Phi) is 8.49. The Balaban J connectivity index is 2.78. The topological polar surface area (TPSA) is 46.5 Å². The second-order valence-electron chi connectivity index (χ2n) is 4.97. The van der Waals surface area contributed by atoms with Gasteiger partial charge in [-0.05, 0) is 30.2 Å². The Bertz CT molecular complexity index is 682. The van der Waals surface area contributed by atoms with Crippen molar-refractivity contribution in [2.24, 2.45) is 0 Å². The lowest BCUT2D eigenvalue weighted by molar-refractivity contribution is -0.137.